The van der Waals surface area contributed by atoms with Crippen molar-refractivity contribution >= 4 is 23.9 Å². The van der Waals surface area contributed by atoms with E-state index >= 15 is 0 Å². The summed E-state index contributed by atoms with van der Waals surface area (Å²) in [6.07, 6.45) is 1.54. The lowest BCUT2D eigenvalue weighted by Gasteiger charge is -2.03. The van der Waals surface area contributed by atoms with Gasteiger partial charge in [0.05, 0.1) is 0 Å². The van der Waals surface area contributed by atoms with Crippen molar-refractivity contribution in [2.24, 2.45) is 0 Å². The third-order valence-electron chi connectivity index (χ3n) is 1.92. The summed E-state index contributed by atoms with van der Waals surface area (Å²) in [6, 6.07) is 0. The Balaban J connectivity index is -0.000000354. The molecule has 0 heterocycles. The van der Waals surface area contributed by atoms with Crippen molar-refractivity contribution in [1.29, 1.82) is 0 Å². The van der Waals surface area contributed by atoms with Gasteiger partial charge in [-0.15, -0.1) is 0 Å². The first-order valence-electron chi connectivity index (χ1n) is 6.71. The Bertz CT molecular complexity index is 439. The minimum atomic E-state index is -0.603. The zero-order valence-corrected chi connectivity index (χ0v) is 13.6. The van der Waals surface area contributed by atoms with Crippen LogP contribution in [0.2, 0.25) is 0 Å². The highest BCUT2D eigenvalue weighted by atomic mass is 16.7. The van der Waals surface area contributed by atoms with Gasteiger partial charge in [-0.1, -0.05) is 34.4 Å². The molecule has 0 radical (unpaired) electrons. The molecule has 0 unspecified atom stereocenters. The molecule has 0 aliphatic rings. The molecule has 0 aliphatic heterocycles. The number of hydrogen-bond acceptors (Lipinski definition) is 8. The molecule has 0 spiro atoms. The van der Waals surface area contributed by atoms with Crippen LogP contribution in [-0.2, 0) is 38.1 Å². The van der Waals surface area contributed by atoms with E-state index in [9.17, 15) is 19.2 Å². The zero-order valence-electron chi connectivity index (χ0n) is 13.6. The number of ether oxygens (including phenoxy) is 4. The molecule has 0 aliphatic carbocycles. The first-order chi connectivity index (χ1) is 10.8. The van der Waals surface area contributed by atoms with Crippen molar-refractivity contribution < 1.29 is 38.1 Å². The van der Waals surface area contributed by atoms with Crippen molar-refractivity contribution in [3.8, 4) is 0 Å². The van der Waals surface area contributed by atoms with Gasteiger partial charge in [-0.05, 0) is 6.92 Å². The van der Waals surface area contributed by atoms with Crippen LogP contribution in [-0.4, -0.2) is 37.5 Å². The predicted octanol–water partition coefficient (Wildman–Crippen LogP) is 2.28. The average molecular weight is 346 g/mol. The molecule has 0 saturated carbocycles. The van der Waals surface area contributed by atoms with E-state index in [1.807, 2.05) is 0 Å². The average Bonchev–Trinajstić information content (AvgIpc) is 2.54. The van der Waals surface area contributed by atoms with Crippen LogP contribution in [0.3, 0.4) is 0 Å². The molecular weight excluding hydrogens is 320 g/mol. The van der Waals surface area contributed by atoms with Gasteiger partial charge < -0.3 is 18.9 Å². The van der Waals surface area contributed by atoms with Gasteiger partial charge in [0.25, 0.3) is 0 Å². The van der Waals surface area contributed by atoms with Gasteiger partial charge in [-0.25, -0.2) is 9.59 Å². The third kappa shape index (κ3) is 17.4. The lowest BCUT2D eigenvalue weighted by molar-refractivity contribution is -0.165. The fraction of sp³-hybridized carbons (Fsp3) is 0.500. The highest BCUT2D eigenvalue weighted by Crippen LogP contribution is 1.93. The maximum atomic E-state index is 10.7. The van der Waals surface area contributed by atoms with Crippen molar-refractivity contribution in [3.63, 3.8) is 0 Å². The van der Waals surface area contributed by atoms with Crippen molar-refractivity contribution in [2.75, 3.05) is 13.6 Å². The molecule has 0 bridgehead atoms. The highest BCUT2D eigenvalue weighted by molar-refractivity contribution is 5.86. The maximum absolute atomic E-state index is 10.7. The highest BCUT2D eigenvalue weighted by Gasteiger charge is 2.04. The summed E-state index contributed by atoms with van der Waals surface area (Å²) in [5, 5.41) is 0. The van der Waals surface area contributed by atoms with Gasteiger partial charge in [-0.2, -0.15) is 0 Å². The van der Waals surface area contributed by atoms with Crippen molar-refractivity contribution in [2.45, 2.75) is 41.0 Å². The number of rotatable bonds is 8. The van der Waals surface area contributed by atoms with Crippen LogP contribution in [0.4, 0.5) is 0 Å². The summed E-state index contributed by atoms with van der Waals surface area (Å²) >= 11 is 0. The Morgan fingerprint density at radius 3 is 1.62 bits per heavy atom. The fourth-order valence-corrected chi connectivity index (χ4v) is 0.688. The molecule has 0 amide bonds. The van der Waals surface area contributed by atoms with Crippen LogP contribution >= 0.6 is 0 Å². The summed E-state index contributed by atoms with van der Waals surface area (Å²) in [5.41, 5.74) is 0.280. The molecule has 8 heteroatoms. The molecule has 24 heavy (non-hydrogen) atoms. The molecule has 0 aromatic carbocycles. The van der Waals surface area contributed by atoms with E-state index in [1.165, 1.54) is 6.92 Å². The second kappa shape index (κ2) is 16.7. The minimum absolute atomic E-state index is 0. The topological polar surface area (TPSA) is 105 Å². The van der Waals surface area contributed by atoms with E-state index in [-0.39, 0.29) is 39.4 Å². The normalized spacial score (nSPS) is 8.29. The Labute approximate surface area is 142 Å². The summed E-state index contributed by atoms with van der Waals surface area (Å²) < 4.78 is 17.8. The van der Waals surface area contributed by atoms with E-state index in [2.05, 4.69) is 32.1 Å². The van der Waals surface area contributed by atoms with Crippen LogP contribution in [0.5, 0.6) is 0 Å². The Morgan fingerprint density at radius 2 is 1.29 bits per heavy atom. The Hall–Kier alpha value is -2.64. The summed E-state index contributed by atoms with van der Waals surface area (Å²) in [7, 11) is 0. The first-order valence-corrected chi connectivity index (χ1v) is 6.71. The monoisotopic (exact) mass is 346 g/mol. The zero-order chi connectivity index (χ0) is 18.3. The molecule has 8 nitrogen and oxygen atoms in total. The van der Waals surface area contributed by atoms with E-state index in [0.717, 1.165) is 6.08 Å². The van der Waals surface area contributed by atoms with Gasteiger partial charge in [0, 0.05) is 24.5 Å². The molecule has 0 saturated heterocycles. The quantitative estimate of drug-likeness (QED) is 0.374. The second-order valence-electron chi connectivity index (χ2n) is 3.86. The summed E-state index contributed by atoms with van der Waals surface area (Å²) in [4.78, 5) is 42.0. The van der Waals surface area contributed by atoms with Crippen molar-refractivity contribution in [3.05, 3.63) is 24.8 Å². The van der Waals surface area contributed by atoms with Crippen LogP contribution in [0.25, 0.3) is 0 Å². The van der Waals surface area contributed by atoms with Crippen LogP contribution < -0.4 is 0 Å². The standard InChI is InChI=1S/C8H12O4.C7H10O4.CH4/c1-4-7(9)11-5-12-8(10)6(2)3;1-3-6(8)10-5-11-7(9)4-2;/h2,4-5H2,1,3H3;3H,1,4-5H2,2H3;1H4. The smallest absolute Gasteiger partial charge is 0.335 e. The van der Waals surface area contributed by atoms with Crippen LogP contribution in [0.15, 0.2) is 24.8 Å². The van der Waals surface area contributed by atoms with Gasteiger partial charge in [-0.3, -0.25) is 9.59 Å². The molecule has 0 rings (SSSR count). The van der Waals surface area contributed by atoms with Crippen LogP contribution in [0.1, 0.15) is 41.0 Å². The SMILES string of the molecule is C.C=C(C)C(=O)OCOC(=O)CC.C=CC(=O)OCOC(=O)CC. The van der Waals surface area contributed by atoms with Gasteiger partial charge in [0.1, 0.15) is 0 Å². The van der Waals surface area contributed by atoms with E-state index in [4.69, 9.17) is 0 Å². The molecule has 0 aromatic heterocycles. The van der Waals surface area contributed by atoms with E-state index in [1.54, 1.807) is 13.8 Å². The Kier molecular flexibility index (Phi) is 18.3. The molecule has 0 N–H and O–H groups in total. The van der Waals surface area contributed by atoms with Gasteiger partial charge in [0.2, 0.25) is 13.6 Å². The number of hydrogen-bond donors (Lipinski definition) is 0. The Morgan fingerprint density at radius 1 is 0.875 bits per heavy atom. The predicted molar refractivity (Wildman–Crippen MR) is 86.4 cm³/mol. The molecule has 0 fully saturated rings. The van der Waals surface area contributed by atoms with E-state index in [0.29, 0.717) is 0 Å². The van der Waals surface area contributed by atoms with Crippen molar-refractivity contribution in [1.82, 2.24) is 0 Å². The lowest BCUT2D eigenvalue weighted by Crippen LogP contribution is -2.12. The summed E-state index contributed by atoms with van der Waals surface area (Å²) in [6.45, 7) is 10.7. The molecular formula is C16H26O8. The largest absolute Gasteiger partial charge is 0.428 e. The molecule has 0 aromatic rings. The third-order valence-corrected chi connectivity index (χ3v) is 1.92. The maximum Gasteiger partial charge on any atom is 0.335 e. The second-order valence-corrected chi connectivity index (χ2v) is 3.86. The number of carbonyl (C=O) groups is 4. The minimum Gasteiger partial charge on any atom is -0.428 e. The van der Waals surface area contributed by atoms with Gasteiger partial charge in [0.15, 0.2) is 0 Å². The lowest BCUT2D eigenvalue weighted by atomic mass is 10.4. The molecule has 138 valence electrons. The van der Waals surface area contributed by atoms with Gasteiger partial charge >= 0.3 is 23.9 Å². The number of esters is 4. The fourth-order valence-electron chi connectivity index (χ4n) is 0.688. The summed E-state index contributed by atoms with van der Waals surface area (Å²) in [5.74, 6) is -1.96. The first kappa shape index (κ1) is 26.3. The number of carbonyl (C=O) groups excluding carboxylic acids is 4. The van der Waals surface area contributed by atoms with E-state index < -0.39 is 23.9 Å². The molecule has 0 atom stereocenters. The van der Waals surface area contributed by atoms with Crippen LogP contribution in [0, 0.1) is 0 Å².